The van der Waals surface area contributed by atoms with Gasteiger partial charge < -0.3 is 9.25 Å². The summed E-state index contributed by atoms with van der Waals surface area (Å²) in [6.07, 6.45) is 7.52. The third-order valence-corrected chi connectivity index (χ3v) is 2.80. The molecule has 1 aromatic heterocycles. The van der Waals surface area contributed by atoms with Crippen molar-refractivity contribution in [3.8, 4) is 0 Å². The molecule has 0 fully saturated rings. The van der Waals surface area contributed by atoms with Crippen molar-refractivity contribution in [1.82, 2.24) is 0 Å². The SMILES string of the molecule is CCCCCCc1cc(C(Cl)=NOC(C)C)co1. The van der Waals surface area contributed by atoms with Gasteiger partial charge in [-0.3, -0.25) is 0 Å². The van der Waals surface area contributed by atoms with Gasteiger partial charge >= 0.3 is 0 Å². The number of nitrogens with zero attached hydrogens (tertiary/aromatic N) is 1. The van der Waals surface area contributed by atoms with Gasteiger partial charge in [-0.2, -0.15) is 0 Å². The van der Waals surface area contributed by atoms with Crippen LogP contribution in [0.15, 0.2) is 21.9 Å². The molecule has 0 bridgehead atoms. The fourth-order valence-electron chi connectivity index (χ4n) is 1.55. The Bertz CT molecular complexity index is 372. The van der Waals surface area contributed by atoms with E-state index in [2.05, 4.69) is 12.1 Å². The lowest BCUT2D eigenvalue weighted by Crippen LogP contribution is -1.99. The lowest BCUT2D eigenvalue weighted by Gasteiger charge is -2.01. The van der Waals surface area contributed by atoms with Gasteiger partial charge in [0.25, 0.3) is 0 Å². The minimum atomic E-state index is 0.0270. The summed E-state index contributed by atoms with van der Waals surface area (Å²) in [5, 5.41) is 4.18. The van der Waals surface area contributed by atoms with Gasteiger partial charge in [-0.15, -0.1) is 0 Å². The van der Waals surface area contributed by atoms with Gasteiger partial charge in [-0.05, 0) is 26.3 Å². The van der Waals surface area contributed by atoms with E-state index in [4.69, 9.17) is 20.9 Å². The first kappa shape index (κ1) is 15.1. The van der Waals surface area contributed by atoms with Crippen molar-refractivity contribution in [3.63, 3.8) is 0 Å². The number of rotatable bonds is 8. The Kier molecular flexibility index (Phi) is 6.88. The average molecular weight is 272 g/mol. The van der Waals surface area contributed by atoms with Crippen LogP contribution >= 0.6 is 11.6 Å². The van der Waals surface area contributed by atoms with Gasteiger partial charge in [-0.25, -0.2) is 0 Å². The van der Waals surface area contributed by atoms with Gasteiger partial charge in [0.05, 0.1) is 5.56 Å². The van der Waals surface area contributed by atoms with Gasteiger partial charge in [0.1, 0.15) is 18.1 Å². The molecular formula is C14H22ClNO2. The Labute approximate surface area is 114 Å². The summed E-state index contributed by atoms with van der Waals surface area (Å²) in [6, 6.07) is 1.93. The highest BCUT2D eigenvalue weighted by Gasteiger charge is 2.07. The lowest BCUT2D eigenvalue weighted by atomic mass is 10.1. The Morgan fingerprint density at radius 3 is 2.83 bits per heavy atom. The monoisotopic (exact) mass is 271 g/mol. The molecule has 3 nitrogen and oxygen atoms in total. The lowest BCUT2D eigenvalue weighted by molar-refractivity contribution is 0.0868. The van der Waals surface area contributed by atoms with Crippen molar-refractivity contribution in [2.24, 2.45) is 5.16 Å². The molecule has 4 heteroatoms. The zero-order valence-electron chi connectivity index (χ0n) is 11.4. The highest BCUT2D eigenvalue weighted by molar-refractivity contribution is 6.69. The molecule has 1 rings (SSSR count). The normalized spacial score (nSPS) is 12.2. The zero-order chi connectivity index (χ0) is 13.4. The molecule has 0 amide bonds. The zero-order valence-corrected chi connectivity index (χ0v) is 12.2. The van der Waals surface area contributed by atoms with E-state index in [1.54, 1.807) is 6.26 Å². The van der Waals surface area contributed by atoms with Gasteiger partial charge in [-0.1, -0.05) is 42.9 Å². The third-order valence-electron chi connectivity index (χ3n) is 2.51. The van der Waals surface area contributed by atoms with Crippen LogP contribution in [0, 0.1) is 0 Å². The molecule has 1 heterocycles. The quantitative estimate of drug-likeness (QED) is 0.389. The molecule has 0 saturated heterocycles. The second-order valence-electron chi connectivity index (χ2n) is 4.65. The molecule has 0 aromatic carbocycles. The summed E-state index contributed by atoms with van der Waals surface area (Å²) in [5.74, 6) is 0.957. The largest absolute Gasteiger partial charge is 0.469 e. The van der Waals surface area contributed by atoms with E-state index in [0.717, 1.165) is 24.2 Å². The Balaban J connectivity index is 2.44. The number of hydrogen-bond donors (Lipinski definition) is 0. The molecule has 0 saturated carbocycles. The van der Waals surface area contributed by atoms with Crippen LogP contribution in [0.5, 0.6) is 0 Å². The summed E-state index contributed by atoms with van der Waals surface area (Å²) in [7, 11) is 0. The molecule has 0 aliphatic carbocycles. The topological polar surface area (TPSA) is 34.7 Å². The molecular weight excluding hydrogens is 250 g/mol. The first-order valence-corrected chi connectivity index (χ1v) is 6.98. The molecule has 0 aliphatic heterocycles. The molecule has 0 spiro atoms. The summed E-state index contributed by atoms with van der Waals surface area (Å²) >= 11 is 6.01. The summed E-state index contributed by atoms with van der Waals surface area (Å²) in [4.78, 5) is 5.09. The maximum atomic E-state index is 6.01. The highest BCUT2D eigenvalue weighted by atomic mass is 35.5. The number of unbranched alkanes of at least 4 members (excludes halogenated alkanes) is 3. The predicted molar refractivity (Wildman–Crippen MR) is 75.2 cm³/mol. The maximum absolute atomic E-state index is 6.01. The van der Waals surface area contributed by atoms with Gasteiger partial charge in [0, 0.05) is 6.42 Å². The molecule has 0 aliphatic rings. The highest BCUT2D eigenvalue weighted by Crippen LogP contribution is 2.15. The van der Waals surface area contributed by atoms with E-state index in [1.807, 2.05) is 19.9 Å². The molecule has 0 N–H and O–H groups in total. The van der Waals surface area contributed by atoms with Crippen LogP contribution in [0.1, 0.15) is 57.8 Å². The number of oxime groups is 1. The van der Waals surface area contributed by atoms with Crippen LogP contribution in [-0.4, -0.2) is 11.3 Å². The van der Waals surface area contributed by atoms with Crippen LogP contribution in [0.4, 0.5) is 0 Å². The van der Waals surface area contributed by atoms with Crippen molar-refractivity contribution in [3.05, 3.63) is 23.7 Å². The van der Waals surface area contributed by atoms with Crippen LogP contribution in [0.2, 0.25) is 0 Å². The molecule has 18 heavy (non-hydrogen) atoms. The summed E-state index contributed by atoms with van der Waals surface area (Å²) in [5.41, 5.74) is 0.780. The van der Waals surface area contributed by atoms with Crippen molar-refractivity contribution in [2.45, 2.75) is 59.0 Å². The Hall–Kier alpha value is -0.960. The summed E-state index contributed by atoms with van der Waals surface area (Å²) < 4.78 is 5.45. The van der Waals surface area contributed by atoms with Crippen molar-refractivity contribution >= 4 is 16.8 Å². The third kappa shape index (κ3) is 5.58. The minimum Gasteiger partial charge on any atom is -0.469 e. The number of hydrogen-bond acceptors (Lipinski definition) is 3. The molecule has 1 aromatic rings. The first-order valence-electron chi connectivity index (χ1n) is 6.60. The van der Waals surface area contributed by atoms with E-state index in [-0.39, 0.29) is 6.10 Å². The number of halogens is 1. The van der Waals surface area contributed by atoms with Crippen LogP contribution < -0.4 is 0 Å². The molecule has 102 valence electrons. The fourth-order valence-corrected chi connectivity index (χ4v) is 1.69. The summed E-state index contributed by atoms with van der Waals surface area (Å²) in [6.45, 7) is 6.01. The van der Waals surface area contributed by atoms with Gasteiger partial charge in [0.2, 0.25) is 0 Å². The average Bonchev–Trinajstić information content (AvgIpc) is 2.80. The smallest absolute Gasteiger partial charge is 0.178 e. The molecule has 0 unspecified atom stereocenters. The van der Waals surface area contributed by atoms with Crippen LogP contribution in [0.3, 0.4) is 0 Å². The fraction of sp³-hybridized carbons (Fsp3) is 0.643. The predicted octanol–water partition coefficient (Wildman–Crippen LogP) is 4.73. The van der Waals surface area contributed by atoms with Crippen molar-refractivity contribution < 1.29 is 9.25 Å². The van der Waals surface area contributed by atoms with E-state index in [0.29, 0.717) is 5.17 Å². The van der Waals surface area contributed by atoms with E-state index >= 15 is 0 Å². The Morgan fingerprint density at radius 1 is 1.39 bits per heavy atom. The van der Waals surface area contributed by atoms with E-state index < -0.39 is 0 Å². The van der Waals surface area contributed by atoms with Crippen molar-refractivity contribution in [2.75, 3.05) is 0 Å². The first-order chi connectivity index (χ1) is 8.63. The van der Waals surface area contributed by atoms with Crippen molar-refractivity contribution in [1.29, 1.82) is 0 Å². The minimum absolute atomic E-state index is 0.0270. The second kappa shape index (κ2) is 8.20. The van der Waals surface area contributed by atoms with Crippen LogP contribution in [-0.2, 0) is 11.3 Å². The molecule has 0 atom stereocenters. The number of furan rings is 1. The standard InChI is InChI=1S/C14H22ClNO2/c1-4-5-6-7-8-13-9-12(10-17-13)14(15)16-18-11(2)3/h9-11H,4-8H2,1-3H3. The Morgan fingerprint density at radius 2 is 2.17 bits per heavy atom. The van der Waals surface area contributed by atoms with Gasteiger partial charge in [0.15, 0.2) is 5.17 Å². The second-order valence-corrected chi connectivity index (χ2v) is 5.01. The van der Waals surface area contributed by atoms with E-state index in [9.17, 15) is 0 Å². The maximum Gasteiger partial charge on any atom is 0.178 e. The van der Waals surface area contributed by atoms with E-state index in [1.165, 1.54) is 19.3 Å². The van der Waals surface area contributed by atoms with Crippen LogP contribution in [0.25, 0.3) is 0 Å². The number of aryl methyl sites for hydroxylation is 1. The molecule has 0 radical (unpaired) electrons.